The Balaban J connectivity index is 2.28. The molecule has 2 unspecified atom stereocenters. The summed E-state index contributed by atoms with van der Waals surface area (Å²) in [5.74, 6) is -2.29. The van der Waals surface area contributed by atoms with Crippen molar-refractivity contribution in [3.05, 3.63) is 52.6 Å². The van der Waals surface area contributed by atoms with Crippen LogP contribution < -0.4 is 5.32 Å². The Morgan fingerprint density at radius 3 is 2.50 bits per heavy atom. The Kier molecular flexibility index (Phi) is 5.33. The number of rotatable bonds is 5. The third-order valence-corrected chi connectivity index (χ3v) is 3.95. The summed E-state index contributed by atoms with van der Waals surface area (Å²) in [4.78, 5) is 24.6. The molecular weight excluding hydrogens is 313 g/mol. The van der Waals surface area contributed by atoms with Crippen LogP contribution in [0.1, 0.15) is 41.4 Å². The van der Waals surface area contributed by atoms with Gasteiger partial charge in [0.05, 0.1) is 18.7 Å². The minimum absolute atomic E-state index is 0.0607. The number of H-pyrrole nitrogens is 1. The third kappa shape index (κ3) is 3.45. The van der Waals surface area contributed by atoms with Gasteiger partial charge >= 0.3 is 5.97 Å². The highest BCUT2D eigenvalue weighted by Crippen LogP contribution is 2.24. The molecule has 0 fully saturated rings. The van der Waals surface area contributed by atoms with Gasteiger partial charge in [-0.1, -0.05) is 18.2 Å². The number of amides is 1. The maximum Gasteiger partial charge on any atom is 0.333 e. The average Bonchev–Trinajstić information content (AvgIpc) is 2.90. The summed E-state index contributed by atoms with van der Waals surface area (Å²) in [5, 5.41) is 9.46. The molecule has 1 heterocycles. The average molecular weight is 333 g/mol. The molecule has 0 bridgehead atoms. The fourth-order valence-corrected chi connectivity index (χ4v) is 2.69. The molecule has 0 aliphatic carbocycles. The van der Waals surface area contributed by atoms with Crippen LogP contribution in [0.2, 0.25) is 0 Å². The van der Waals surface area contributed by atoms with Crippen molar-refractivity contribution in [2.45, 2.75) is 32.7 Å². The smallest absolute Gasteiger partial charge is 0.333 e. The van der Waals surface area contributed by atoms with E-state index >= 15 is 0 Å². The van der Waals surface area contributed by atoms with Crippen LogP contribution in [0.3, 0.4) is 0 Å². The van der Waals surface area contributed by atoms with E-state index in [9.17, 15) is 14.0 Å². The second-order valence-corrected chi connectivity index (χ2v) is 5.56. The number of carbonyl (C=O) groups is 2. The molecule has 2 rings (SSSR count). The highest BCUT2D eigenvalue weighted by Gasteiger charge is 2.29. The lowest BCUT2D eigenvalue weighted by molar-refractivity contribution is -0.145. The van der Waals surface area contributed by atoms with Gasteiger partial charge < -0.3 is 10.1 Å². The standard InChI is InChI=1S/C17H20FN3O3/c1-9(14-10(2)20-21-11(14)3)16(22)19-15(17(23)24-4)12-7-5-6-8-13(12)18/h5-9,15H,1-4H3,(H,19,22)(H,20,21). The van der Waals surface area contributed by atoms with Gasteiger partial charge in [-0.2, -0.15) is 5.10 Å². The van der Waals surface area contributed by atoms with E-state index in [4.69, 9.17) is 4.74 Å². The van der Waals surface area contributed by atoms with E-state index in [0.29, 0.717) is 5.69 Å². The SMILES string of the molecule is COC(=O)C(NC(=O)C(C)c1c(C)n[nH]c1C)c1ccccc1F. The number of hydrogen-bond acceptors (Lipinski definition) is 4. The van der Waals surface area contributed by atoms with Crippen molar-refractivity contribution in [1.29, 1.82) is 0 Å². The number of nitrogens with zero attached hydrogens (tertiary/aromatic N) is 1. The van der Waals surface area contributed by atoms with Gasteiger partial charge in [0.1, 0.15) is 5.82 Å². The zero-order chi connectivity index (χ0) is 17.9. The molecule has 0 saturated carbocycles. The molecule has 2 atom stereocenters. The van der Waals surface area contributed by atoms with Gasteiger partial charge in [-0.05, 0) is 26.8 Å². The zero-order valence-corrected chi connectivity index (χ0v) is 14.0. The van der Waals surface area contributed by atoms with Crippen molar-refractivity contribution in [2.24, 2.45) is 0 Å². The maximum absolute atomic E-state index is 14.0. The van der Waals surface area contributed by atoms with Gasteiger partial charge in [0, 0.05) is 16.8 Å². The molecule has 1 aromatic heterocycles. The van der Waals surface area contributed by atoms with Crippen LogP contribution in [0.5, 0.6) is 0 Å². The highest BCUT2D eigenvalue weighted by atomic mass is 19.1. The summed E-state index contributed by atoms with van der Waals surface area (Å²) >= 11 is 0. The summed E-state index contributed by atoms with van der Waals surface area (Å²) in [6, 6.07) is 4.56. The van der Waals surface area contributed by atoms with E-state index in [2.05, 4.69) is 15.5 Å². The van der Waals surface area contributed by atoms with Crippen molar-refractivity contribution in [3.63, 3.8) is 0 Å². The quantitative estimate of drug-likeness (QED) is 0.822. The summed E-state index contributed by atoms with van der Waals surface area (Å²) in [7, 11) is 1.19. The first kappa shape index (κ1) is 17.7. The van der Waals surface area contributed by atoms with Crippen molar-refractivity contribution in [3.8, 4) is 0 Å². The molecule has 1 aromatic carbocycles. The first-order chi connectivity index (χ1) is 11.4. The largest absolute Gasteiger partial charge is 0.467 e. The minimum atomic E-state index is -1.21. The molecule has 24 heavy (non-hydrogen) atoms. The molecular formula is C17H20FN3O3. The number of aromatic nitrogens is 2. The number of hydrogen-bond donors (Lipinski definition) is 2. The fourth-order valence-electron chi connectivity index (χ4n) is 2.69. The van der Waals surface area contributed by atoms with Crippen LogP contribution in [0, 0.1) is 19.7 Å². The molecule has 0 aliphatic heterocycles. The number of benzene rings is 1. The van der Waals surface area contributed by atoms with E-state index < -0.39 is 29.7 Å². The lowest BCUT2D eigenvalue weighted by atomic mass is 9.97. The number of aromatic amines is 1. The van der Waals surface area contributed by atoms with Crippen molar-refractivity contribution < 1.29 is 18.7 Å². The number of nitrogens with one attached hydrogen (secondary N) is 2. The molecule has 0 aliphatic rings. The van der Waals surface area contributed by atoms with Gasteiger partial charge in [-0.25, -0.2) is 9.18 Å². The second-order valence-electron chi connectivity index (χ2n) is 5.56. The van der Waals surface area contributed by atoms with Crippen LogP contribution in [0.25, 0.3) is 0 Å². The first-order valence-electron chi connectivity index (χ1n) is 7.50. The molecule has 7 heteroatoms. The Morgan fingerprint density at radius 1 is 1.29 bits per heavy atom. The zero-order valence-electron chi connectivity index (χ0n) is 14.0. The van der Waals surface area contributed by atoms with E-state index in [-0.39, 0.29) is 5.56 Å². The van der Waals surface area contributed by atoms with Crippen LogP contribution in [0.15, 0.2) is 24.3 Å². The molecule has 2 aromatic rings. The fraction of sp³-hybridized carbons (Fsp3) is 0.353. The number of aryl methyl sites for hydroxylation is 2. The molecule has 128 valence electrons. The number of methoxy groups -OCH3 is 1. The van der Waals surface area contributed by atoms with Gasteiger partial charge in [-0.15, -0.1) is 0 Å². The lowest BCUT2D eigenvalue weighted by Gasteiger charge is -2.20. The monoisotopic (exact) mass is 333 g/mol. The first-order valence-corrected chi connectivity index (χ1v) is 7.50. The lowest BCUT2D eigenvalue weighted by Crippen LogP contribution is -2.37. The predicted molar refractivity (Wildman–Crippen MR) is 85.8 cm³/mol. The Bertz CT molecular complexity index is 738. The van der Waals surface area contributed by atoms with Gasteiger partial charge in [-0.3, -0.25) is 9.89 Å². The molecule has 1 amide bonds. The number of ether oxygens (including phenoxy) is 1. The molecule has 0 radical (unpaired) electrons. The van der Waals surface area contributed by atoms with Crippen LogP contribution in [-0.2, 0) is 14.3 Å². The van der Waals surface area contributed by atoms with Gasteiger partial charge in [0.15, 0.2) is 6.04 Å². The number of halogens is 1. The summed E-state index contributed by atoms with van der Waals surface area (Å²) in [6.45, 7) is 5.31. The van der Waals surface area contributed by atoms with Gasteiger partial charge in [0.2, 0.25) is 5.91 Å². The number of carbonyl (C=O) groups excluding carboxylic acids is 2. The molecule has 6 nitrogen and oxygen atoms in total. The van der Waals surface area contributed by atoms with Crippen LogP contribution in [-0.4, -0.2) is 29.2 Å². The van der Waals surface area contributed by atoms with Crippen LogP contribution in [0.4, 0.5) is 4.39 Å². The van der Waals surface area contributed by atoms with Crippen molar-refractivity contribution >= 4 is 11.9 Å². The van der Waals surface area contributed by atoms with E-state index in [1.165, 1.54) is 25.3 Å². The topological polar surface area (TPSA) is 84.1 Å². The van der Waals surface area contributed by atoms with Gasteiger partial charge in [0.25, 0.3) is 0 Å². The Morgan fingerprint density at radius 2 is 1.96 bits per heavy atom. The predicted octanol–water partition coefficient (Wildman–Crippen LogP) is 2.30. The summed E-state index contributed by atoms with van der Waals surface area (Å²) < 4.78 is 18.7. The van der Waals surface area contributed by atoms with Crippen molar-refractivity contribution in [2.75, 3.05) is 7.11 Å². The number of esters is 1. The third-order valence-electron chi connectivity index (χ3n) is 3.95. The van der Waals surface area contributed by atoms with E-state index in [0.717, 1.165) is 11.3 Å². The Hall–Kier alpha value is -2.70. The summed E-state index contributed by atoms with van der Waals surface area (Å²) in [5.41, 5.74) is 2.29. The minimum Gasteiger partial charge on any atom is -0.467 e. The molecule has 2 N–H and O–H groups in total. The molecule has 0 saturated heterocycles. The van der Waals surface area contributed by atoms with E-state index in [1.807, 2.05) is 6.92 Å². The molecule has 0 spiro atoms. The van der Waals surface area contributed by atoms with Crippen molar-refractivity contribution in [1.82, 2.24) is 15.5 Å². The maximum atomic E-state index is 14.0. The second kappa shape index (κ2) is 7.25. The normalized spacial score (nSPS) is 13.2. The highest BCUT2D eigenvalue weighted by molar-refractivity contribution is 5.89. The van der Waals surface area contributed by atoms with E-state index in [1.54, 1.807) is 19.9 Å². The Labute approximate surface area is 139 Å². The summed E-state index contributed by atoms with van der Waals surface area (Å²) in [6.07, 6.45) is 0. The van der Waals surface area contributed by atoms with Crippen LogP contribution >= 0.6 is 0 Å².